The Morgan fingerprint density at radius 1 is 1.00 bits per heavy atom. The van der Waals surface area contributed by atoms with Gasteiger partial charge in [-0.25, -0.2) is 4.98 Å². The van der Waals surface area contributed by atoms with Gasteiger partial charge in [-0.15, -0.1) is 0 Å². The van der Waals surface area contributed by atoms with Crippen LogP contribution in [0, 0.1) is 0 Å². The molecule has 0 aliphatic heterocycles. The highest BCUT2D eigenvalue weighted by molar-refractivity contribution is 6.12. The van der Waals surface area contributed by atoms with E-state index < -0.39 is 0 Å². The minimum Gasteiger partial charge on any atom is -0.307 e. The number of carbonyl (C=O) groups excluding carboxylic acids is 1. The van der Waals surface area contributed by atoms with Gasteiger partial charge >= 0.3 is 0 Å². The van der Waals surface area contributed by atoms with Crippen molar-refractivity contribution in [1.82, 2.24) is 20.2 Å². The highest BCUT2D eigenvalue weighted by atomic mass is 16.1. The molecule has 0 unspecified atom stereocenters. The summed E-state index contributed by atoms with van der Waals surface area (Å²) < 4.78 is 0. The van der Waals surface area contributed by atoms with E-state index in [1.165, 1.54) is 0 Å². The molecule has 116 valence electrons. The number of fused-ring (bicyclic) bond motifs is 1. The first-order valence-electron chi connectivity index (χ1n) is 7.42. The molecular formula is C18H13N5O. The monoisotopic (exact) mass is 315 g/mol. The second-order valence-corrected chi connectivity index (χ2v) is 5.23. The minimum atomic E-state index is -0.215. The molecule has 0 saturated heterocycles. The summed E-state index contributed by atoms with van der Waals surface area (Å²) in [5.74, 6) is 0.333. The van der Waals surface area contributed by atoms with Crippen LogP contribution in [0.15, 0.2) is 67.1 Å². The van der Waals surface area contributed by atoms with Gasteiger partial charge in [0, 0.05) is 29.4 Å². The lowest BCUT2D eigenvalue weighted by molar-refractivity contribution is 0.102. The topological polar surface area (TPSA) is 83.6 Å². The molecule has 4 aromatic rings. The van der Waals surface area contributed by atoms with Crippen LogP contribution in [0.4, 0.5) is 5.82 Å². The number of pyridine rings is 2. The van der Waals surface area contributed by atoms with Crippen molar-refractivity contribution in [3.05, 3.63) is 72.7 Å². The van der Waals surface area contributed by atoms with Crippen molar-refractivity contribution in [3.63, 3.8) is 0 Å². The predicted octanol–water partition coefficient (Wildman–Crippen LogP) is 3.27. The van der Waals surface area contributed by atoms with Gasteiger partial charge in [0.15, 0.2) is 0 Å². The molecule has 0 fully saturated rings. The average Bonchev–Trinajstić information content (AvgIpc) is 3.14. The van der Waals surface area contributed by atoms with E-state index in [0.717, 1.165) is 22.2 Å². The van der Waals surface area contributed by atoms with Crippen molar-refractivity contribution in [1.29, 1.82) is 0 Å². The average molecular weight is 315 g/mol. The van der Waals surface area contributed by atoms with Gasteiger partial charge in [0.2, 0.25) is 0 Å². The molecule has 0 spiro atoms. The molecule has 4 rings (SSSR count). The van der Waals surface area contributed by atoms with Gasteiger partial charge in [-0.3, -0.25) is 14.9 Å². The van der Waals surface area contributed by atoms with E-state index >= 15 is 0 Å². The molecule has 0 bridgehead atoms. The van der Waals surface area contributed by atoms with Crippen molar-refractivity contribution in [2.24, 2.45) is 0 Å². The number of nitrogens with zero attached hydrogens (tertiary/aromatic N) is 3. The molecule has 0 saturated carbocycles. The second kappa shape index (κ2) is 5.92. The number of anilines is 1. The van der Waals surface area contributed by atoms with Crippen LogP contribution in [-0.4, -0.2) is 26.1 Å². The van der Waals surface area contributed by atoms with Crippen LogP contribution in [0.2, 0.25) is 0 Å². The van der Waals surface area contributed by atoms with Gasteiger partial charge in [0.25, 0.3) is 5.91 Å². The standard InChI is InChI=1S/C18H13N5O/c24-18(22-17-7-10-20-23-17)14-11-16(12-5-8-19-9-6-12)21-15-4-2-1-3-13(14)15/h1-11H,(H2,20,22,23,24). The Labute approximate surface area is 137 Å². The summed E-state index contributed by atoms with van der Waals surface area (Å²) in [6, 6.07) is 14.8. The van der Waals surface area contributed by atoms with Gasteiger partial charge < -0.3 is 5.32 Å². The van der Waals surface area contributed by atoms with Gasteiger partial charge in [0.1, 0.15) is 5.82 Å². The Balaban J connectivity index is 1.85. The third kappa shape index (κ3) is 2.61. The number of nitrogens with one attached hydrogen (secondary N) is 2. The largest absolute Gasteiger partial charge is 0.307 e. The van der Waals surface area contributed by atoms with Crippen molar-refractivity contribution >= 4 is 22.6 Å². The normalized spacial score (nSPS) is 10.7. The van der Waals surface area contributed by atoms with Gasteiger partial charge in [0.05, 0.1) is 23.0 Å². The lowest BCUT2D eigenvalue weighted by atomic mass is 10.0. The Morgan fingerprint density at radius 2 is 1.83 bits per heavy atom. The van der Waals surface area contributed by atoms with E-state index in [4.69, 9.17) is 0 Å². The highest BCUT2D eigenvalue weighted by Gasteiger charge is 2.14. The lowest BCUT2D eigenvalue weighted by Gasteiger charge is -2.09. The van der Waals surface area contributed by atoms with Crippen molar-refractivity contribution in [2.45, 2.75) is 0 Å². The fraction of sp³-hybridized carbons (Fsp3) is 0. The number of amides is 1. The first kappa shape index (κ1) is 14.1. The SMILES string of the molecule is O=C(Nc1ccn[nH]1)c1cc(-c2ccncc2)nc2ccccc12. The van der Waals surface area contributed by atoms with E-state index in [0.29, 0.717) is 11.4 Å². The molecule has 0 radical (unpaired) electrons. The summed E-state index contributed by atoms with van der Waals surface area (Å²) in [6.07, 6.45) is 5.00. The van der Waals surface area contributed by atoms with E-state index in [1.54, 1.807) is 30.7 Å². The van der Waals surface area contributed by atoms with Crippen molar-refractivity contribution in [3.8, 4) is 11.3 Å². The molecule has 3 aromatic heterocycles. The molecule has 6 nitrogen and oxygen atoms in total. The maximum Gasteiger partial charge on any atom is 0.257 e. The predicted molar refractivity (Wildman–Crippen MR) is 91.5 cm³/mol. The van der Waals surface area contributed by atoms with Crippen LogP contribution >= 0.6 is 0 Å². The number of carbonyl (C=O) groups is 1. The van der Waals surface area contributed by atoms with E-state index in [-0.39, 0.29) is 5.91 Å². The molecular weight excluding hydrogens is 302 g/mol. The summed E-state index contributed by atoms with van der Waals surface area (Å²) in [5, 5.41) is 10.2. The van der Waals surface area contributed by atoms with Gasteiger partial charge in [-0.1, -0.05) is 18.2 Å². The molecule has 0 aliphatic rings. The molecule has 2 N–H and O–H groups in total. The van der Waals surface area contributed by atoms with E-state index in [2.05, 4.69) is 25.5 Å². The summed E-state index contributed by atoms with van der Waals surface area (Å²) in [4.78, 5) is 21.4. The third-order valence-corrected chi connectivity index (χ3v) is 3.69. The Hall–Kier alpha value is -3.54. The van der Waals surface area contributed by atoms with Crippen LogP contribution in [0.3, 0.4) is 0 Å². The Kier molecular flexibility index (Phi) is 3.47. The molecule has 24 heavy (non-hydrogen) atoms. The first-order chi connectivity index (χ1) is 11.8. The number of aromatic nitrogens is 4. The summed E-state index contributed by atoms with van der Waals surface area (Å²) in [7, 11) is 0. The summed E-state index contributed by atoms with van der Waals surface area (Å²) in [5.41, 5.74) is 2.96. The van der Waals surface area contributed by atoms with Crippen LogP contribution in [0.25, 0.3) is 22.2 Å². The Bertz CT molecular complexity index is 997. The van der Waals surface area contributed by atoms with Crippen LogP contribution in [0.5, 0.6) is 0 Å². The molecule has 6 heteroatoms. The number of benzene rings is 1. The molecule has 0 atom stereocenters. The summed E-state index contributed by atoms with van der Waals surface area (Å²) >= 11 is 0. The van der Waals surface area contributed by atoms with E-state index in [9.17, 15) is 4.79 Å². The Morgan fingerprint density at radius 3 is 2.62 bits per heavy atom. The molecule has 0 aliphatic carbocycles. The van der Waals surface area contributed by atoms with Gasteiger partial charge in [-0.2, -0.15) is 5.10 Å². The zero-order chi connectivity index (χ0) is 16.4. The number of para-hydroxylation sites is 1. The maximum absolute atomic E-state index is 12.7. The zero-order valence-electron chi connectivity index (χ0n) is 12.6. The number of rotatable bonds is 3. The molecule has 1 amide bonds. The molecule has 3 heterocycles. The molecule has 1 aromatic carbocycles. The van der Waals surface area contributed by atoms with E-state index in [1.807, 2.05) is 36.4 Å². The lowest BCUT2D eigenvalue weighted by Crippen LogP contribution is -2.13. The zero-order valence-corrected chi connectivity index (χ0v) is 12.6. The van der Waals surface area contributed by atoms with Crippen LogP contribution in [-0.2, 0) is 0 Å². The number of hydrogen-bond acceptors (Lipinski definition) is 4. The maximum atomic E-state index is 12.7. The minimum absolute atomic E-state index is 0.215. The summed E-state index contributed by atoms with van der Waals surface area (Å²) in [6.45, 7) is 0. The highest BCUT2D eigenvalue weighted by Crippen LogP contribution is 2.25. The number of H-pyrrole nitrogens is 1. The smallest absolute Gasteiger partial charge is 0.257 e. The first-order valence-corrected chi connectivity index (χ1v) is 7.42. The third-order valence-electron chi connectivity index (χ3n) is 3.69. The van der Waals surface area contributed by atoms with Crippen molar-refractivity contribution < 1.29 is 4.79 Å². The number of aromatic amines is 1. The quantitative estimate of drug-likeness (QED) is 0.608. The fourth-order valence-corrected chi connectivity index (χ4v) is 2.55. The second-order valence-electron chi connectivity index (χ2n) is 5.23. The van der Waals surface area contributed by atoms with Gasteiger partial charge in [-0.05, 0) is 24.3 Å². The van der Waals surface area contributed by atoms with Crippen LogP contribution < -0.4 is 5.32 Å². The fourth-order valence-electron chi connectivity index (χ4n) is 2.55. The van der Waals surface area contributed by atoms with Crippen molar-refractivity contribution in [2.75, 3.05) is 5.32 Å². The van der Waals surface area contributed by atoms with Crippen LogP contribution in [0.1, 0.15) is 10.4 Å². The number of hydrogen-bond donors (Lipinski definition) is 2.